The van der Waals surface area contributed by atoms with Gasteiger partial charge in [0, 0.05) is 19.6 Å². The first kappa shape index (κ1) is 14.5. The zero-order valence-corrected chi connectivity index (χ0v) is 14.4. The van der Waals surface area contributed by atoms with Gasteiger partial charge < -0.3 is 9.80 Å². The second kappa shape index (κ2) is 6.03. The molecule has 0 N–H and O–H groups in total. The molecule has 100 valence electrons. The van der Waals surface area contributed by atoms with E-state index in [1.54, 1.807) is 0 Å². The van der Waals surface area contributed by atoms with Crippen LogP contribution in [0.5, 0.6) is 0 Å². The van der Waals surface area contributed by atoms with Gasteiger partial charge in [0.2, 0.25) is 0 Å². The van der Waals surface area contributed by atoms with Gasteiger partial charge in [0.05, 0.1) is 13.1 Å². The number of carbonyl (C=O) groups excluding carboxylic acids is 1. The molecule has 1 saturated heterocycles. The fraction of sp³-hybridized carbons (Fsp3) is 0.583. The predicted molar refractivity (Wildman–Crippen MR) is 82.3 cm³/mol. The van der Waals surface area contributed by atoms with Crippen molar-refractivity contribution in [1.29, 1.82) is 0 Å². The number of nitrogens with zero attached hydrogens (tertiary/aromatic N) is 2. The molecule has 2 heterocycles. The number of likely N-dealkylation sites (tertiary alicyclic amines) is 1. The summed E-state index contributed by atoms with van der Waals surface area (Å²) >= 11 is 8.38. The third-order valence-corrected chi connectivity index (χ3v) is 5.73. The van der Waals surface area contributed by atoms with Crippen LogP contribution >= 0.6 is 43.2 Å². The molecular weight excluding hydrogens is 380 g/mol. The Kier molecular flexibility index (Phi) is 4.86. The summed E-state index contributed by atoms with van der Waals surface area (Å²) < 4.78 is 1.87. The van der Waals surface area contributed by atoms with Gasteiger partial charge in [-0.3, -0.25) is 4.79 Å². The van der Waals surface area contributed by atoms with Crippen molar-refractivity contribution < 1.29 is 4.79 Å². The van der Waals surface area contributed by atoms with Gasteiger partial charge in [-0.25, -0.2) is 0 Å². The Hall–Kier alpha value is 0.0900. The highest BCUT2D eigenvalue weighted by Crippen LogP contribution is 2.32. The predicted octanol–water partition coefficient (Wildman–Crippen LogP) is 3.44. The third-order valence-electron chi connectivity index (χ3n) is 3.39. The molecule has 1 aromatic heterocycles. The summed E-state index contributed by atoms with van der Waals surface area (Å²) in [6.45, 7) is 1.94. The summed E-state index contributed by atoms with van der Waals surface area (Å²) in [6.07, 6.45) is 2.42. The number of hydrogen-bond donors (Lipinski definition) is 0. The van der Waals surface area contributed by atoms with E-state index in [1.807, 2.05) is 18.0 Å². The van der Waals surface area contributed by atoms with Crippen molar-refractivity contribution in [2.45, 2.75) is 18.9 Å². The topological polar surface area (TPSA) is 23.6 Å². The highest BCUT2D eigenvalue weighted by Gasteiger charge is 2.25. The molecule has 0 saturated carbocycles. The lowest BCUT2D eigenvalue weighted by molar-refractivity contribution is 0.0761. The molecule has 0 spiro atoms. The summed E-state index contributed by atoms with van der Waals surface area (Å²) in [6, 6.07) is 2.38. The molecule has 3 nitrogen and oxygen atoms in total. The molecule has 1 aliphatic heterocycles. The van der Waals surface area contributed by atoms with Gasteiger partial charge in [-0.2, -0.15) is 0 Å². The number of thiophene rings is 1. The van der Waals surface area contributed by atoms with Crippen LogP contribution in [0.25, 0.3) is 0 Å². The Balaban J connectivity index is 2.02. The van der Waals surface area contributed by atoms with Crippen molar-refractivity contribution in [3.63, 3.8) is 0 Å². The van der Waals surface area contributed by atoms with Gasteiger partial charge in [-0.15, -0.1) is 11.3 Å². The fourth-order valence-electron chi connectivity index (χ4n) is 2.30. The first-order chi connectivity index (χ1) is 8.49. The average molecular weight is 396 g/mol. The normalized spacial score (nSPS) is 20.3. The van der Waals surface area contributed by atoms with Crippen molar-refractivity contribution in [2.24, 2.45) is 0 Å². The lowest BCUT2D eigenvalue weighted by Crippen LogP contribution is -2.39. The molecule has 1 amide bonds. The van der Waals surface area contributed by atoms with Crippen molar-refractivity contribution in [2.75, 3.05) is 27.2 Å². The van der Waals surface area contributed by atoms with Crippen LogP contribution < -0.4 is 0 Å². The summed E-state index contributed by atoms with van der Waals surface area (Å²) in [7, 11) is 4.01. The maximum absolute atomic E-state index is 12.3. The maximum Gasteiger partial charge on any atom is 0.255 e. The van der Waals surface area contributed by atoms with Crippen molar-refractivity contribution in [3.05, 3.63) is 19.2 Å². The molecule has 6 heteroatoms. The van der Waals surface area contributed by atoms with Crippen LogP contribution in [0.1, 0.15) is 23.2 Å². The third kappa shape index (κ3) is 3.15. The standard InChI is InChI=1S/C12H16Br2N2OS/c1-15-5-3-4-8(15)7-16(2)12(17)9-6-10(13)18-11(9)14/h6,8H,3-5,7H2,1-2H3. The number of halogens is 2. The van der Waals surface area contributed by atoms with Crippen LogP contribution in [0.15, 0.2) is 13.6 Å². The molecule has 0 bridgehead atoms. The Morgan fingerprint density at radius 2 is 2.33 bits per heavy atom. The molecule has 1 atom stereocenters. The Labute approximate surface area is 128 Å². The second-order valence-corrected chi connectivity index (χ2v) is 8.45. The first-order valence-corrected chi connectivity index (χ1v) is 8.30. The van der Waals surface area contributed by atoms with Gasteiger partial charge in [-0.1, -0.05) is 0 Å². The highest BCUT2D eigenvalue weighted by atomic mass is 79.9. The van der Waals surface area contributed by atoms with E-state index in [4.69, 9.17) is 0 Å². The van der Waals surface area contributed by atoms with Gasteiger partial charge in [0.25, 0.3) is 5.91 Å². The zero-order valence-electron chi connectivity index (χ0n) is 10.4. The monoisotopic (exact) mass is 394 g/mol. The minimum Gasteiger partial charge on any atom is -0.340 e. The lowest BCUT2D eigenvalue weighted by Gasteiger charge is -2.25. The van der Waals surface area contributed by atoms with Crippen molar-refractivity contribution >= 4 is 49.1 Å². The Bertz CT molecular complexity index is 449. The molecule has 1 aromatic rings. The fourth-order valence-corrected chi connectivity index (χ4v) is 5.08. The number of hydrogen-bond acceptors (Lipinski definition) is 3. The molecule has 0 aromatic carbocycles. The number of carbonyl (C=O) groups is 1. The van der Waals surface area contributed by atoms with E-state index in [1.165, 1.54) is 24.2 Å². The van der Waals surface area contributed by atoms with Crippen LogP contribution in [0, 0.1) is 0 Å². The van der Waals surface area contributed by atoms with Crippen molar-refractivity contribution in [1.82, 2.24) is 9.80 Å². The average Bonchev–Trinajstić information content (AvgIpc) is 2.85. The van der Waals surface area contributed by atoms with E-state index < -0.39 is 0 Å². The zero-order chi connectivity index (χ0) is 13.3. The van der Waals surface area contributed by atoms with E-state index in [0.29, 0.717) is 6.04 Å². The van der Waals surface area contributed by atoms with E-state index in [2.05, 4.69) is 43.8 Å². The minimum atomic E-state index is 0.0872. The highest BCUT2D eigenvalue weighted by molar-refractivity contribution is 9.12. The smallest absolute Gasteiger partial charge is 0.255 e. The van der Waals surface area contributed by atoms with Gasteiger partial charge in [-0.05, 0) is 64.4 Å². The second-order valence-electron chi connectivity index (χ2n) is 4.70. The van der Waals surface area contributed by atoms with Gasteiger partial charge >= 0.3 is 0 Å². The van der Waals surface area contributed by atoms with E-state index in [0.717, 1.165) is 26.2 Å². The summed E-state index contributed by atoms with van der Waals surface area (Å²) in [5.74, 6) is 0.0872. The molecule has 0 aliphatic carbocycles. The quantitative estimate of drug-likeness (QED) is 0.782. The largest absolute Gasteiger partial charge is 0.340 e. The van der Waals surface area contributed by atoms with Crippen molar-refractivity contribution in [3.8, 4) is 0 Å². The van der Waals surface area contributed by atoms with E-state index in [9.17, 15) is 4.79 Å². The Morgan fingerprint density at radius 1 is 1.61 bits per heavy atom. The lowest BCUT2D eigenvalue weighted by atomic mass is 10.2. The summed E-state index contributed by atoms with van der Waals surface area (Å²) in [5, 5.41) is 0. The molecule has 1 aliphatic rings. The molecule has 1 fully saturated rings. The summed E-state index contributed by atoms with van der Waals surface area (Å²) in [5.41, 5.74) is 0.745. The Morgan fingerprint density at radius 3 is 2.83 bits per heavy atom. The van der Waals surface area contributed by atoms with Crippen LogP contribution in [-0.4, -0.2) is 48.9 Å². The number of rotatable bonds is 3. The van der Waals surface area contributed by atoms with E-state index >= 15 is 0 Å². The van der Waals surface area contributed by atoms with Crippen LogP contribution in [0.2, 0.25) is 0 Å². The SMILES string of the molecule is CN(CC1CCCN1C)C(=O)c1cc(Br)sc1Br. The number of likely N-dealkylation sites (N-methyl/N-ethyl adjacent to an activating group) is 2. The maximum atomic E-state index is 12.3. The van der Waals surface area contributed by atoms with Gasteiger partial charge in [0.15, 0.2) is 0 Å². The van der Waals surface area contributed by atoms with Gasteiger partial charge in [0.1, 0.15) is 0 Å². The molecular formula is C12H16Br2N2OS. The van der Waals surface area contributed by atoms with Crippen LogP contribution in [-0.2, 0) is 0 Å². The minimum absolute atomic E-state index is 0.0872. The van der Waals surface area contributed by atoms with Crippen LogP contribution in [0.4, 0.5) is 0 Å². The molecule has 2 rings (SSSR count). The molecule has 1 unspecified atom stereocenters. The van der Waals surface area contributed by atoms with Crippen LogP contribution in [0.3, 0.4) is 0 Å². The summed E-state index contributed by atoms with van der Waals surface area (Å²) in [4.78, 5) is 16.5. The first-order valence-electron chi connectivity index (χ1n) is 5.89. The van der Waals surface area contributed by atoms with E-state index in [-0.39, 0.29) is 5.91 Å². The number of amides is 1. The molecule has 0 radical (unpaired) electrons. The molecule has 18 heavy (non-hydrogen) atoms.